The zero-order chi connectivity index (χ0) is 12.1. The van der Waals surface area contributed by atoms with Crippen LogP contribution in [-0.2, 0) is 11.2 Å². The van der Waals surface area contributed by atoms with Gasteiger partial charge in [0.1, 0.15) is 5.82 Å². The molecule has 0 aliphatic heterocycles. The van der Waals surface area contributed by atoms with Crippen LogP contribution in [0.25, 0.3) is 0 Å². The van der Waals surface area contributed by atoms with E-state index in [-0.39, 0.29) is 17.6 Å². The molecule has 88 valence electrons. The van der Waals surface area contributed by atoms with E-state index in [0.29, 0.717) is 23.6 Å². The molecule has 2 nitrogen and oxygen atoms in total. The highest BCUT2D eigenvalue weighted by atomic mass is 35.5. The Kier molecular flexibility index (Phi) is 4.74. The largest absolute Gasteiger partial charge is 0.356 e. The predicted molar refractivity (Wildman–Crippen MR) is 63.0 cm³/mol. The normalized spacial score (nSPS) is 10.6. The van der Waals surface area contributed by atoms with E-state index in [2.05, 4.69) is 5.32 Å². The van der Waals surface area contributed by atoms with Crippen molar-refractivity contribution in [2.24, 2.45) is 5.92 Å². The number of amides is 1. The summed E-state index contributed by atoms with van der Waals surface area (Å²) >= 11 is 5.85. The van der Waals surface area contributed by atoms with E-state index in [1.807, 2.05) is 13.8 Å². The van der Waals surface area contributed by atoms with Gasteiger partial charge >= 0.3 is 0 Å². The molecule has 1 N–H and O–H groups in total. The van der Waals surface area contributed by atoms with Crippen LogP contribution in [0.4, 0.5) is 4.39 Å². The number of rotatable bonds is 4. The lowest BCUT2D eigenvalue weighted by molar-refractivity contribution is -0.123. The molecule has 0 bridgehead atoms. The first-order valence-electron chi connectivity index (χ1n) is 5.23. The van der Waals surface area contributed by atoms with Crippen molar-refractivity contribution < 1.29 is 9.18 Å². The van der Waals surface area contributed by atoms with Gasteiger partial charge in [-0.15, -0.1) is 0 Å². The van der Waals surface area contributed by atoms with Crippen LogP contribution < -0.4 is 5.32 Å². The summed E-state index contributed by atoms with van der Waals surface area (Å²) in [7, 11) is 0. The number of halogens is 2. The van der Waals surface area contributed by atoms with E-state index in [1.165, 1.54) is 6.07 Å². The third-order valence-electron chi connectivity index (χ3n) is 2.26. The topological polar surface area (TPSA) is 29.1 Å². The highest BCUT2D eigenvalue weighted by molar-refractivity contribution is 6.31. The van der Waals surface area contributed by atoms with Crippen LogP contribution in [0.2, 0.25) is 5.02 Å². The van der Waals surface area contributed by atoms with Crippen molar-refractivity contribution in [3.63, 3.8) is 0 Å². The minimum absolute atomic E-state index is 0.0348. The Hall–Kier alpha value is -1.09. The summed E-state index contributed by atoms with van der Waals surface area (Å²) in [6.45, 7) is 4.02. The van der Waals surface area contributed by atoms with Gasteiger partial charge in [-0.2, -0.15) is 0 Å². The Morgan fingerprint density at radius 3 is 2.75 bits per heavy atom. The second kappa shape index (κ2) is 5.85. The molecule has 1 aromatic rings. The fourth-order valence-electron chi connectivity index (χ4n) is 1.29. The van der Waals surface area contributed by atoms with Crippen molar-refractivity contribution in [2.75, 3.05) is 6.54 Å². The molecule has 0 aromatic heterocycles. The summed E-state index contributed by atoms with van der Waals surface area (Å²) in [6, 6.07) is 4.57. The van der Waals surface area contributed by atoms with Crippen molar-refractivity contribution in [1.29, 1.82) is 0 Å². The molecule has 0 aliphatic carbocycles. The van der Waals surface area contributed by atoms with Crippen molar-refractivity contribution in [1.82, 2.24) is 5.32 Å². The highest BCUT2D eigenvalue weighted by Gasteiger charge is 2.09. The van der Waals surface area contributed by atoms with Crippen LogP contribution in [0.5, 0.6) is 0 Å². The van der Waals surface area contributed by atoms with Gasteiger partial charge in [0.25, 0.3) is 0 Å². The van der Waals surface area contributed by atoms with Gasteiger partial charge in [0.2, 0.25) is 5.91 Å². The number of nitrogens with one attached hydrogen (secondary N) is 1. The average molecular weight is 244 g/mol. The maximum absolute atomic E-state index is 13.3. The Labute approximate surface area is 99.8 Å². The first kappa shape index (κ1) is 13.0. The van der Waals surface area contributed by atoms with E-state index in [9.17, 15) is 9.18 Å². The average Bonchev–Trinajstić information content (AvgIpc) is 2.22. The van der Waals surface area contributed by atoms with Crippen LogP contribution in [-0.4, -0.2) is 12.5 Å². The van der Waals surface area contributed by atoms with Crippen molar-refractivity contribution >= 4 is 17.5 Å². The van der Waals surface area contributed by atoms with Gasteiger partial charge in [0.05, 0.1) is 0 Å². The lowest BCUT2D eigenvalue weighted by atomic mass is 10.1. The van der Waals surface area contributed by atoms with Crippen molar-refractivity contribution in [3.8, 4) is 0 Å². The van der Waals surface area contributed by atoms with Crippen molar-refractivity contribution in [3.05, 3.63) is 34.6 Å². The first-order chi connectivity index (χ1) is 7.52. The smallest absolute Gasteiger partial charge is 0.222 e. The minimum Gasteiger partial charge on any atom is -0.356 e. The summed E-state index contributed by atoms with van der Waals surface area (Å²) in [6.07, 6.45) is 0.407. The maximum atomic E-state index is 13.3. The van der Waals surface area contributed by atoms with E-state index in [4.69, 9.17) is 11.6 Å². The summed E-state index contributed by atoms with van der Waals surface area (Å²) < 4.78 is 13.3. The minimum atomic E-state index is -0.328. The molecule has 0 unspecified atom stereocenters. The molecule has 0 atom stereocenters. The molecule has 0 spiro atoms. The summed E-state index contributed by atoms with van der Waals surface area (Å²) in [5.41, 5.74) is 0.452. The van der Waals surface area contributed by atoms with Crippen LogP contribution in [0.1, 0.15) is 19.4 Å². The standard InChI is InChI=1S/C12H15ClFNO/c1-8(2)12(16)15-7-6-9-10(13)4-3-5-11(9)14/h3-5,8H,6-7H2,1-2H3,(H,15,16). The Morgan fingerprint density at radius 1 is 1.50 bits per heavy atom. The molecule has 0 heterocycles. The zero-order valence-electron chi connectivity index (χ0n) is 9.39. The molecule has 4 heteroatoms. The number of carbonyl (C=O) groups is 1. The molecule has 0 saturated carbocycles. The van der Waals surface area contributed by atoms with Gasteiger partial charge in [0.15, 0.2) is 0 Å². The Morgan fingerprint density at radius 2 is 2.19 bits per heavy atom. The fourth-order valence-corrected chi connectivity index (χ4v) is 1.54. The molecule has 16 heavy (non-hydrogen) atoms. The number of hydrogen-bond acceptors (Lipinski definition) is 1. The van der Waals surface area contributed by atoms with Crippen LogP contribution in [0, 0.1) is 11.7 Å². The summed E-state index contributed by atoms with van der Waals surface area (Å²) in [5.74, 6) is -0.421. The zero-order valence-corrected chi connectivity index (χ0v) is 10.1. The molecule has 0 radical (unpaired) electrons. The monoisotopic (exact) mass is 243 g/mol. The van der Waals surface area contributed by atoms with Gasteiger partial charge < -0.3 is 5.32 Å². The Bertz CT molecular complexity index is 359. The van der Waals surface area contributed by atoms with Gasteiger partial charge in [-0.1, -0.05) is 31.5 Å². The van der Waals surface area contributed by atoms with E-state index < -0.39 is 0 Å². The first-order valence-corrected chi connectivity index (χ1v) is 5.60. The molecule has 1 amide bonds. The number of benzene rings is 1. The Balaban J connectivity index is 2.52. The van der Waals surface area contributed by atoms with E-state index in [0.717, 1.165) is 0 Å². The van der Waals surface area contributed by atoms with Crippen LogP contribution in [0.3, 0.4) is 0 Å². The molecule has 1 aromatic carbocycles. The van der Waals surface area contributed by atoms with E-state index >= 15 is 0 Å². The lowest BCUT2D eigenvalue weighted by Crippen LogP contribution is -2.29. The number of hydrogen-bond donors (Lipinski definition) is 1. The van der Waals surface area contributed by atoms with Crippen LogP contribution >= 0.6 is 11.6 Å². The molecule has 0 saturated heterocycles. The fraction of sp³-hybridized carbons (Fsp3) is 0.417. The quantitative estimate of drug-likeness (QED) is 0.866. The van der Waals surface area contributed by atoms with Crippen molar-refractivity contribution in [2.45, 2.75) is 20.3 Å². The second-order valence-electron chi connectivity index (χ2n) is 3.90. The predicted octanol–water partition coefficient (Wildman–Crippen LogP) is 2.79. The third-order valence-corrected chi connectivity index (χ3v) is 2.61. The molecular weight excluding hydrogens is 229 g/mol. The molecule has 1 rings (SSSR count). The summed E-state index contributed by atoms with van der Waals surface area (Å²) in [5, 5.41) is 3.12. The molecule has 0 aliphatic rings. The second-order valence-corrected chi connectivity index (χ2v) is 4.30. The van der Waals surface area contributed by atoms with Gasteiger partial charge in [-0.05, 0) is 18.6 Å². The lowest BCUT2D eigenvalue weighted by Gasteiger charge is -2.09. The summed E-state index contributed by atoms with van der Waals surface area (Å²) in [4.78, 5) is 11.3. The van der Waals surface area contributed by atoms with Gasteiger partial charge in [-0.3, -0.25) is 4.79 Å². The molecule has 0 fully saturated rings. The highest BCUT2D eigenvalue weighted by Crippen LogP contribution is 2.18. The number of carbonyl (C=O) groups excluding carboxylic acids is 1. The third kappa shape index (κ3) is 3.49. The van der Waals surface area contributed by atoms with E-state index in [1.54, 1.807) is 12.1 Å². The molecular formula is C12H15ClFNO. The van der Waals surface area contributed by atoms with Gasteiger partial charge in [-0.25, -0.2) is 4.39 Å². The van der Waals surface area contributed by atoms with Crippen LogP contribution in [0.15, 0.2) is 18.2 Å². The SMILES string of the molecule is CC(C)C(=O)NCCc1c(F)cccc1Cl. The van der Waals surface area contributed by atoms with Gasteiger partial charge in [0, 0.05) is 23.0 Å². The maximum Gasteiger partial charge on any atom is 0.222 e.